The predicted octanol–water partition coefficient (Wildman–Crippen LogP) is 6.00. The van der Waals surface area contributed by atoms with Crippen LogP contribution in [0.1, 0.15) is 43.2 Å². The average Bonchev–Trinajstić information content (AvgIpc) is 3.42. The van der Waals surface area contributed by atoms with Gasteiger partial charge in [0, 0.05) is 24.6 Å². The van der Waals surface area contributed by atoms with Crippen molar-refractivity contribution in [2.24, 2.45) is 11.8 Å². The fourth-order valence-electron chi connectivity index (χ4n) is 5.91. The first-order valence-corrected chi connectivity index (χ1v) is 14.7. The van der Waals surface area contributed by atoms with E-state index in [1.54, 1.807) is 0 Å². The Morgan fingerprint density at radius 2 is 1.35 bits per heavy atom. The minimum Gasteiger partial charge on any atom is -0.469 e. The zero-order valence-electron chi connectivity index (χ0n) is 22.6. The quantitative estimate of drug-likeness (QED) is 0.220. The number of benzene rings is 2. The second-order valence-electron chi connectivity index (χ2n) is 10.8. The molecule has 236 valence electrons. The van der Waals surface area contributed by atoms with Crippen molar-refractivity contribution < 1.29 is 57.9 Å². The molecular formula is C28H27F8NO5S. The van der Waals surface area contributed by atoms with Crippen molar-refractivity contribution in [3.8, 4) is 0 Å². The third kappa shape index (κ3) is 5.60. The maximum Gasteiger partial charge on any atom is 0.435 e. The second kappa shape index (κ2) is 11.4. The highest BCUT2D eigenvalue weighted by molar-refractivity contribution is 7.92. The molecule has 0 radical (unpaired) electrons. The summed E-state index contributed by atoms with van der Waals surface area (Å²) in [6, 6.07) is 5.47. The minimum atomic E-state index is -6.37. The van der Waals surface area contributed by atoms with Gasteiger partial charge in [0.1, 0.15) is 10.6 Å². The van der Waals surface area contributed by atoms with E-state index < -0.39 is 73.2 Å². The maximum atomic E-state index is 14.7. The van der Waals surface area contributed by atoms with Gasteiger partial charge in [0.05, 0.1) is 17.9 Å². The lowest BCUT2D eigenvalue weighted by Crippen LogP contribution is -2.50. The summed E-state index contributed by atoms with van der Waals surface area (Å²) < 4.78 is 139. The number of hydrogen-bond donors (Lipinski definition) is 0. The van der Waals surface area contributed by atoms with E-state index in [0.717, 1.165) is 24.3 Å². The van der Waals surface area contributed by atoms with Crippen LogP contribution in [-0.2, 0) is 34.6 Å². The smallest absolute Gasteiger partial charge is 0.435 e. The van der Waals surface area contributed by atoms with Crippen LogP contribution in [0, 0.1) is 17.7 Å². The van der Waals surface area contributed by atoms with Gasteiger partial charge in [-0.3, -0.25) is 9.59 Å². The third-order valence-corrected chi connectivity index (χ3v) is 10.9. The summed E-state index contributed by atoms with van der Waals surface area (Å²) in [6.45, 7) is -0.642. The van der Waals surface area contributed by atoms with Gasteiger partial charge in [-0.05, 0) is 61.9 Å². The Morgan fingerprint density at radius 1 is 0.837 bits per heavy atom. The number of methoxy groups -OCH3 is 1. The molecule has 1 aliphatic heterocycles. The van der Waals surface area contributed by atoms with E-state index in [-0.39, 0.29) is 36.6 Å². The first-order chi connectivity index (χ1) is 19.9. The molecule has 2 aromatic rings. The van der Waals surface area contributed by atoms with Crippen LogP contribution in [-0.4, -0.2) is 57.7 Å². The van der Waals surface area contributed by atoms with Gasteiger partial charge in [-0.2, -0.15) is 26.3 Å². The van der Waals surface area contributed by atoms with Crippen LogP contribution in [0.5, 0.6) is 0 Å². The largest absolute Gasteiger partial charge is 0.469 e. The summed E-state index contributed by atoms with van der Waals surface area (Å²) in [4.78, 5) is 26.2. The lowest BCUT2D eigenvalue weighted by molar-refractivity contribution is -0.348. The molecule has 1 atom stereocenters. The molecule has 4 rings (SSSR count). The maximum absolute atomic E-state index is 14.7. The molecule has 0 aromatic heterocycles. The summed E-state index contributed by atoms with van der Waals surface area (Å²) in [7, 11) is -3.31. The number of likely N-dealkylation sites (tertiary alicyclic amines) is 1. The van der Waals surface area contributed by atoms with Crippen molar-refractivity contribution in [3.63, 3.8) is 0 Å². The molecule has 2 aliphatic rings. The number of alkyl halides is 7. The number of sulfone groups is 1. The van der Waals surface area contributed by atoms with Crippen molar-refractivity contribution in [2.75, 3.05) is 20.2 Å². The lowest BCUT2D eigenvalue weighted by Gasteiger charge is -2.33. The van der Waals surface area contributed by atoms with Gasteiger partial charge < -0.3 is 9.64 Å². The monoisotopic (exact) mass is 641 g/mol. The highest BCUT2D eigenvalue weighted by Gasteiger charge is 2.73. The standard InChI is InChI=1S/C28H27F8NO5S/c1-42-24(39)18-4-2-17(3-5-18)23(38)37-15-14-25(16-37,43(40,41)22-12-10-21(29)11-13-22)19-6-8-20(9-7-19)26(30,27(31,32)33)28(34,35)36/h6-13,17-18H,2-5,14-16H2,1H3/t17-,18-,25-/m0/s1. The number of esters is 1. The molecule has 1 saturated carbocycles. The molecular weight excluding hydrogens is 614 g/mol. The van der Waals surface area contributed by atoms with Gasteiger partial charge in [0.25, 0.3) is 0 Å². The second-order valence-corrected chi connectivity index (χ2v) is 13.0. The van der Waals surface area contributed by atoms with Gasteiger partial charge in [0.2, 0.25) is 5.91 Å². The van der Waals surface area contributed by atoms with E-state index >= 15 is 0 Å². The fraction of sp³-hybridized carbons (Fsp3) is 0.500. The van der Waals surface area contributed by atoms with E-state index in [9.17, 15) is 53.1 Å². The number of ether oxygens (including phenoxy) is 1. The summed E-state index contributed by atoms with van der Waals surface area (Å²) in [6.07, 6.45) is -11.7. The third-order valence-electron chi connectivity index (χ3n) is 8.38. The topological polar surface area (TPSA) is 80.8 Å². The van der Waals surface area contributed by atoms with Gasteiger partial charge >= 0.3 is 24.0 Å². The van der Waals surface area contributed by atoms with Gasteiger partial charge in [-0.15, -0.1) is 0 Å². The molecule has 0 unspecified atom stereocenters. The summed E-state index contributed by atoms with van der Waals surface area (Å²) in [5.41, 5.74) is -7.78. The molecule has 0 bridgehead atoms. The van der Waals surface area contributed by atoms with Gasteiger partial charge in [-0.25, -0.2) is 17.2 Å². The minimum absolute atomic E-state index is 0.129. The van der Waals surface area contributed by atoms with E-state index in [4.69, 9.17) is 4.74 Å². The first-order valence-electron chi connectivity index (χ1n) is 13.2. The first kappa shape index (κ1) is 32.7. The number of carbonyl (C=O) groups is 2. The van der Waals surface area contributed by atoms with Crippen LogP contribution in [0.25, 0.3) is 0 Å². The van der Waals surface area contributed by atoms with E-state index in [2.05, 4.69) is 0 Å². The van der Waals surface area contributed by atoms with Crippen LogP contribution in [0.2, 0.25) is 0 Å². The van der Waals surface area contributed by atoms with Crippen molar-refractivity contribution >= 4 is 21.7 Å². The summed E-state index contributed by atoms with van der Waals surface area (Å²) in [5, 5.41) is 0. The number of nitrogens with zero attached hydrogens (tertiary/aromatic N) is 1. The summed E-state index contributed by atoms with van der Waals surface area (Å²) in [5.74, 6) is -2.54. The molecule has 6 nitrogen and oxygen atoms in total. The molecule has 1 heterocycles. The molecule has 2 aromatic carbocycles. The van der Waals surface area contributed by atoms with Crippen molar-refractivity contribution in [3.05, 3.63) is 65.5 Å². The number of amides is 1. The average molecular weight is 642 g/mol. The number of hydrogen-bond acceptors (Lipinski definition) is 5. The van der Waals surface area contributed by atoms with E-state index in [1.165, 1.54) is 12.0 Å². The molecule has 15 heteroatoms. The zero-order chi connectivity index (χ0) is 32.0. The zero-order valence-corrected chi connectivity index (χ0v) is 23.5. The number of rotatable bonds is 6. The Kier molecular flexibility index (Phi) is 8.63. The predicted molar refractivity (Wildman–Crippen MR) is 135 cm³/mol. The Morgan fingerprint density at radius 3 is 1.84 bits per heavy atom. The molecule has 0 spiro atoms. The molecule has 43 heavy (non-hydrogen) atoms. The lowest BCUT2D eigenvalue weighted by atomic mass is 9.81. The molecule has 1 saturated heterocycles. The SMILES string of the molecule is COC(=O)[C@H]1CC[C@H](C(=O)N2CC[C@](c3ccc(C(F)(C(F)(F)F)C(F)(F)F)cc3)(S(=O)(=O)c3ccc(F)cc3)C2)CC1. The van der Waals surface area contributed by atoms with Crippen LogP contribution < -0.4 is 0 Å². The van der Waals surface area contributed by atoms with Crippen molar-refractivity contribution in [1.29, 1.82) is 0 Å². The Hall–Kier alpha value is -3.23. The Bertz CT molecular complexity index is 1440. The Balaban J connectivity index is 1.72. The highest BCUT2D eigenvalue weighted by Crippen LogP contribution is 2.54. The normalized spacial score (nSPS) is 23.7. The number of halogens is 8. The molecule has 0 N–H and O–H groups in total. The molecule has 1 amide bonds. The fourth-order valence-corrected chi connectivity index (χ4v) is 7.99. The van der Waals surface area contributed by atoms with Crippen molar-refractivity contribution in [1.82, 2.24) is 4.90 Å². The number of carbonyl (C=O) groups excluding carboxylic acids is 2. The Labute approximate surface area is 241 Å². The van der Waals surface area contributed by atoms with Gasteiger partial charge in [-0.1, -0.05) is 24.3 Å². The summed E-state index contributed by atoms with van der Waals surface area (Å²) >= 11 is 0. The van der Waals surface area contributed by atoms with Crippen LogP contribution in [0.3, 0.4) is 0 Å². The van der Waals surface area contributed by atoms with Gasteiger partial charge in [0.15, 0.2) is 9.84 Å². The highest BCUT2D eigenvalue weighted by atomic mass is 32.2. The van der Waals surface area contributed by atoms with Crippen LogP contribution in [0.15, 0.2) is 53.4 Å². The van der Waals surface area contributed by atoms with Crippen LogP contribution in [0.4, 0.5) is 35.1 Å². The van der Waals surface area contributed by atoms with Crippen LogP contribution >= 0.6 is 0 Å². The molecule has 1 aliphatic carbocycles. The molecule has 2 fully saturated rings. The van der Waals surface area contributed by atoms with E-state index in [0.29, 0.717) is 37.8 Å². The van der Waals surface area contributed by atoms with E-state index in [1.807, 2.05) is 0 Å². The van der Waals surface area contributed by atoms with Crippen molar-refractivity contribution in [2.45, 2.75) is 59.8 Å².